The number of ether oxygens (including phenoxy) is 1. The van der Waals surface area contributed by atoms with Gasteiger partial charge in [0, 0.05) is 30.8 Å². The van der Waals surface area contributed by atoms with Gasteiger partial charge in [0.25, 0.3) is 0 Å². The van der Waals surface area contributed by atoms with E-state index in [9.17, 15) is 12.8 Å². The smallest absolute Gasteiger partial charge is 0.240 e. The molecule has 2 N–H and O–H groups in total. The van der Waals surface area contributed by atoms with Crippen molar-refractivity contribution < 1.29 is 17.5 Å². The van der Waals surface area contributed by atoms with Crippen molar-refractivity contribution in [2.24, 2.45) is 5.14 Å². The Morgan fingerprint density at radius 2 is 2.05 bits per heavy atom. The maximum absolute atomic E-state index is 13.4. The van der Waals surface area contributed by atoms with Crippen molar-refractivity contribution in [2.45, 2.75) is 37.3 Å². The molecule has 0 bridgehead atoms. The summed E-state index contributed by atoms with van der Waals surface area (Å²) in [7, 11) is -2.28. The number of methoxy groups -OCH3 is 1. The van der Waals surface area contributed by atoms with E-state index in [4.69, 9.17) is 9.88 Å². The van der Waals surface area contributed by atoms with Crippen LogP contribution in [0.4, 0.5) is 4.39 Å². The summed E-state index contributed by atoms with van der Waals surface area (Å²) in [6.45, 7) is 4.43. The number of fused-ring (bicyclic) bond motifs is 1. The van der Waals surface area contributed by atoms with Crippen LogP contribution in [0.15, 0.2) is 29.3 Å². The first-order chi connectivity index (χ1) is 9.64. The van der Waals surface area contributed by atoms with Crippen molar-refractivity contribution in [1.82, 2.24) is 4.57 Å². The lowest BCUT2D eigenvalue weighted by Crippen LogP contribution is -2.24. The fraction of sp³-hybridized carbons (Fsp3) is 0.429. The second-order valence-corrected chi connectivity index (χ2v) is 7.14. The first kappa shape index (κ1) is 15.9. The van der Waals surface area contributed by atoms with Gasteiger partial charge < -0.3 is 9.30 Å². The molecule has 116 valence electrons. The van der Waals surface area contributed by atoms with Crippen molar-refractivity contribution >= 4 is 20.9 Å². The predicted molar refractivity (Wildman–Crippen MR) is 79.0 cm³/mol. The van der Waals surface area contributed by atoms with Crippen molar-refractivity contribution in [3.8, 4) is 0 Å². The summed E-state index contributed by atoms with van der Waals surface area (Å²) in [6, 6.07) is 4.04. The largest absolute Gasteiger partial charge is 0.379 e. The Labute approximate surface area is 123 Å². The Hall–Kier alpha value is -1.44. The molecular weight excluding hydrogens is 295 g/mol. The molecule has 1 aromatic carbocycles. The molecule has 5 nitrogen and oxygen atoms in total. The topological polar surface area (TPSA) is 74.3 Å². The summed E-state index contributed by atoms with van der Waals surface area (Å²) >= 11 is 0. The van der Waals surface area contributed by atoms with Crippen molar-refractivity contribution in [3.63, 3.8) is 0 Å². The molecule has 0 aliphatic rings. The number of benzene rings is 1. The molecule has 0 atom stereocenters. The molecule has 0 saturated carbocycles. The quantitative estimate of drug-likeness (QED) is 0.919. The SMILES string of the molecule is COC(C)(C)CCn1cc(S(N)(=O)=O)c2cc(F)ccc21. The molecule has 0 amide bonds. The third-order valence-corrected chi connectivity index (χ3v) is 4.56. The van der Waals surface area contributed by atoms with Gasteiger partial charge in [0.05, 0.1) is 5.60 Å². The summed E-state index contributed by atoms with van der Waals surface area (Å²) in [6.07, 6.45) is 2.12. The Bertz CT molecular complexity index is 766. The summed E-state index contributed by atoms with van der Waals surface area (Å²) in [5.41, 5.74) is 0.297. The number of primary sulfonamides is 1. The number of nitrogens with zero attached hydrogens (tertiary/aromatic N) is 1. The fourth-order valence-electron chi connectivity index (χ4n) is 2.14. The molecule has 21 heavy (non-hydrogen) atoms. The van der Waals surface area contributed by atoms with Crippen LogP contribution in [0.25, 0.3) is 10.9 Å². The fourth-order valence-corrected chi connectivity index (χ4v) is 2.88. The van der Waals surface area contributed by atoms with Crippen LogP contribution in [0, 0.1) is 5.82 Å². The lowest BCUT2D eigenvalue weighted by Gasteiger charge is -2.23. The average Bonchev–Trinajstić information content (AvgIpc) is 2.74. The molecule has 2 aromatic rings. The molecule has 1 heterocycles. The molecule has 0 aliphatic carbocycles. The van der Waals surface area contributed by atoms with Crippen LogP contribution in [-0.2, 0) is 21.3 Å². The molecule has 0 fully saturated rings. The zero-order valence-electron chi connectivity index (χ0n) is 12.3. The van der Waals surface area contributed by atoms with E-state index in [1.807, 2.05) is 13.8 Å². The number of hydrogen-bond acceptors (Lipinski definition) is 3. The van der Waals surface area contributed by atoms with E-state index in [0.29, 0.717) is 23.9 Å². The molecule has 0 saturated heterocycles. The lowest BCUT2D eigenvalue weighted by molar-refractivity contribution is 0.0123. The molecule has 0 spiro atoms. The standard InChI is InChI=1S/C14H19FN2O3S/c1-14(2,20-3)6-7-17-9-13(21(16,18)19)11-8-10(15)4-5-12(11)17/h4-5,8-9H,6-7H2,1-3H3,(H2,16,18,19). The van der Waals surface area contributed by atoms with Crippen molar-refractivity contribution in [3.05, 3.63) is 30.2 Å². The van der Waals surface area contributed by atoms with Gasteiger partial charge >= 0.3 is 0 Å². The number of halogens is 1. The molecule has 1 aromatic heterocycles. The summed E-state index contributed by atoms with van der Waals surface area (Å²) in [5, 5.41) is 5.50. The van der Waals surface area contributed by atoms with Crippen LogP contribution in [0.1, 0.15) is 20.3 Å². The first-order valence-electron chi connectivity index (χ1n) is 6.50. The van der Waals surface area contributed by atoms with Crippen LogP contribution < -0.4 is 5.14 Å². The van der Waals surface area contributed by atoms with E-state index < -0.39 is 15.8 Å². The summed E-state index contributed by atoms with van der Waals surface area (Å²) in [4.78, 5) is -0.0628. The maximum Gasteiger partial charge on any atom is 0.240 e. The molecule has 2 rings (SSSR count). The van der Waals surface area contributed by atoms with E-state index in [1.165, 1.54) is 18.3 Å². The molecule has 0 aliphatic heterocycles. The highest BCUT2D eigenvalue weighted by Gasteiger charge is 2.20. The van der Waals surface area contributed by atoms with Gasteiger partial charge in [0.2, 0.25) is 10.0 Å². The Kier molecular flexibility index (Phi) is 4.10. The molecule has 0 unspecified atom stereocenters. The summed E-state index contributed by atoms with van der Waals surface area (Å²) in [5.74, 6) is -0.498. The summed E-state index contributed by atoms with van der Waals surface area (Å²) < 4.78 is 43.8. The van der Waals surface area contributed by atoms with Crippen LogP contribution >= 0.6 is 0 Å². The monoisotopic (exact) mass is 314 g/mol. The van der Waals surface area contributed by atoms with E-state index in [-0.39, 0.29) is 10.5 Å². The van der Waals surface area contributed by atoms with Crippen LogP contribution in [0.2, 0.25) is 0 Å². The second kappa shape index (κ2) is 5.40. The van der Waals surface area contributed by atoms with Gasteiger partial charge in [-0.2, -0.15) is 0 Å². The van der Waals surface area contributed by atoms with Crippen molar-refractivity contribution in [2.75, 3.05) is 7.11 Å². The third-order valence-electron chi connectivity index (χ3n) is 3.62. The van der Waals surface area contributed by atoms with Gasteiger partial charge in [-0.05, 0) is 38.5 Å². The van der Waals surface area contributed by atoms with Crippen LogP contribution in [0.3, 0.4) is 0 Å². The second-order valence-electron chi connectivity index (χ2n) is 5.61. The lowest BCUT2D eigenvalue weighted by atomic mass is 10.1. The van der Waals surface area contributed by atoms with E-state index in [1.54, 1.807) is 17.7 Å². The highest BCUT2D eigenvalue weighted by molar-refractivity contribution is 7.89. The third kappa shape index (κ3) is 3.42. The number of aromatic nitrogens is 1. The Morgan fingerprint density at radius 1 is 1.38 bits per heavy atom. The minimum Gasteiger partial charge on any atom is -0.379 e. The average molecular weight is 314 g/mol. The molecular formula is C14H19FN2O3S. The van der Waals surface area contributed by atoms with E-state index in [0.717, 1.165) is 0 Å². The zero-order valence-corrected chi connectivity index (χ0v) is 13.1. The van der Waals surface area contributed by atoms with Gasteiger partial charge in [0.15, 0.2) is 0 Å². The number of rotatable bonds is 5. The minimum absolute atomic E-state index is 0.0628. The van der Waals surface area contributed by atoms with Crippen LogP contribution in [-0.4, -0.2) is 25.7 Å². The molecule has 7 heteroatoms. The number of hydrogen-bond donors (Lipinski definition) is 1. The Morgan fingerprint density at radius 3 is 2.62 bits per heavy atom. The highest BCUT2D eigenvalue weighted by atomic mass is 32.2. The van der Waals surface area contributed by atoms with Gasteiger partial charge in [0.1, 0.15) is 10.7 Å². The van der Waals surface area contributed by atoms with E-state index in [2.05, 4.69) is 0 Å². The van der Waals surface area contributed by atoms with E-state index >= 15 is 0 Å². The minimum atomic E-state index is -3.90. The highest BCUT2D eigenvalue weighted by Crippen LogP contribution is 2.27. The van der Waals surface area contributed by atoms with Gasteiger partial charge in [-0.3, -0.25) is 0 Å². The Balaban J connectivity index is 2.50. The normalized spacial score (nSPS) is 13.0. The first-order valence-corrected chi connectivity index (χ1v) is 8.05. The number of nitrogens with two attached hydrogens (primary N) is 1. The van der Waals surface area contributed by atoms with Gasteiger partial charge in [-0.25, -0.2) is 17.9 Å². The van der Waals surface area contributed by atoms with Gasteiger partial charge in [-0.1, -0.05) is 0 Å². The van der Waals surface area contributed by atoms with Gasteiger partial charge in [-0.15, -0.1) is 0 Å². The number of sulfonamides is 1. The molecule has 0 radical (unpaired) electrons. The predicted octanol–water partition coefficient (Wildman–Crippen LogP) is 2.24. The van der Waals surface area contributed by atoms with Crippen molar-refractivity contribution in [1.29, 1.82) is 0 Å². The van der Waals surface area contributed by atoms with Crippen LogP contribution in [0.5, 0.6) is 0 Å². The number of aryl methyl sites for hydroxylation is 1. The zero-order chi connectivity index (χ0) is 15.8. The maximum atomic E-state index is 13.4.